The highest BCUT2D eigenvalue weighted by Crippen LogP contribution is 2.25. The van der Waals surface area contributed by atoms with Crippen LogP contribution < -0.4 is 5.32 Å². The topological polar surface area (TPSA) is 50.7 Å². The molecule has 2 heterocycles. The van der Waals surface area contributed by atoms with Crippen molar-refractivity contribution in [2.45, 2.75) is 39.2 Å². The van der Waals surface area contributed by atoms with Gasteiger partial charge in [0.1, 0.15) is 0 Å². The molecule has 2 aromatic heterocycles. The fourth-order valence-electron chi connectivity index (χ4n) is 2.80. The zero-order chi connectivity index (χ0) is 14.7. The van der Waals surface area contributed by atoms with Gasteiger partial charge in [0.05, 0.1) is 0 Å². The fraction of sp³-hybridized carbons (Fsp3) is 0.471. The first-order chi connectivity index (χ1) is 10.2. The zero-order valence-corrected chi connectivity index (χ0v) is 12.7. The van der Waals surface area contributed by atoms with E-state index in [9.17, 15) is 0 Å². The van der Waals surface area contributed by atoms with Crippen LogP contribution in [0.1, 0.15) is 31.5 Å². The number of aromatic nitrogens is 3. The van der Waals surface area contributed by atoms with Crippen molar-refractivity contribution >= 4 is 0 Å². The molecule has 0 saturated heterocycles. The second-order valence-corrected chi connectivity index (χ2v) is 6.07. The van der Waals surface area contributed by atoms with Crippen molar-refractivity contribution in [3.05, 3.63) is 42.0 Å². The summed E-state index contributed by atoms with van der Waals surface area (Å²) in [6, 6.07) is 4.47. The molecule has 4 nitrogen and oxygen atoms in total. The zero-order valence-electron chi connectivity index (χ0n) is 12.7. The third-order valence-electron chi connectivity index (χ3n) is 4.01. The van der Waals surface area contributed by atoms with Crippen LogP contribution in [-0.4, -0.2) is 27.5 Å². The van der Waals surface area contributed by atoms with Gasteiger partial charge in [-0.2, -0.15) is 0 Å². The molecule has 0 radical (unpaired) electrons. The number of pyridine rings is 1. The molecule has 21 heavy (non-hydrogen) atoms. The summed E-state index contributed by atoms with van der Waals surface area (Å²) in [5, 5.41) is 3.54. The Morgan fingerprint density at radius 3 is 2.86 bits per heavy atom. The Morgan fingerprint density at radius 1 is 1.29 bits per heavy atom. The molecule has 1 atom stereocenters. The van der Waals surface area contributed by atoms with Crippen LogP contribution in [0.15, 0.2) is 30.7 Å². The van der Waals surface area contributed by atoms with E-state index in [1.54, 1.807) is 12.4 Å². The maximum atomic E-state index is 4.75. The standard InChI is InChI=1S/C17H22N4/c1-12(2)19-10-13-3-4-16-15(9-13)11-20-17(21-16)14-5-7-18-8-6-14/h5-8,11-13,19H,3-4,9-10H2,1-2H3. The molecule has 0 spiro atoms. The van der Waals surface area contributed by atoms with Crippen LogP contribution in [-0.2, 0) is 12.8 Å². The lowest BCUT2D eigenvalue weighted by atomic mass is 9.87. The second kappa shape index (κ2) is 6.31. The maximum absolute atomic E-state index is 4.75. The molecule has 0 aliphatic heterocycles. The van der Waals surface area contributed by atoms with E-state index < -0.39 is 0 Å². The fourth-order valence-corrected chi connectivity index (χ4v) is 2.80. The minimum Gasteiger partial charge on any atom is -0.314 e. The highest BCUT2D eigenvalue weighted by Gasteiger charge is 2.20. The van der Waals surface area contributed by atoms with Crippen LogP contribution in [0.4, 0.5) is 0 Å². The highest BCUT2D eigenvalue weighted by atomic mass is 14.9. The summed E-state index contributed by atoms with van der Waals surface area (Å²) in [4.78, 5) is 13.3. The molecule has 1 unspecified atom stereocenters. The Morgan fingerprint density at radius 2 is 2.10 bits per heavy atom. The first-order valence-electron chi connectivity index (χ1n) is 7.71. The van der Waals surface area contributed by atoms with E-state index >= 15 is 0 Å². The highest BCUT2D eigenvalue weighted by molar-refractivity contribution is 5.54. The van der Waals surface area contributed by atoms with Gasteiger partial charge in [-0.25, -0.2) is 9.97 Å². The smallest absolute Gasteiger partial charge is 0.159 e. The lowest BCUT2D eigenvalue weighted by Gasteiger charge is -2.25. The number of aryl methyl sites for hydroxylation is 1. The number of hydrogen-bond acceptors (Lipinski definition) is 4. The Kier molecular flexibility index (Phi) is 4.25. The predicted octanol–water partition coefficient (Wildman–Crippen LogP) is 2.64. The summed E-state index contributed by atoms with van der Waals surface area (Å²) in [6.45, 7) is 5.48. The molecule has 0 aromatic carbocycles. The Hall–Kier alpha value is -1.81. The first kappa shape index (κ1) is 14.1. The summed E-state index contributed by atoms with van der Waals surface area (Å²) >= 11 is 0. The van der Waals surface area contributed by atoms with Crippen LogP contribution in [0, 0.1) is 5.92 Å². The van der Waals surface area contributed by atoms with Crippen LogP contribution >= 0.6 is 0 Å². The van der Waals surface area contributed by atoms with Crippen LogP contribution in [0.3, 0.4) is 0 Å². The van der Waals surface area contributed by atoms with E-state index in [1.807, 2.05) is 18.3 Å². The molecular formula is C17H22N4. The van der Waals surface area contributed by atoms with Crippen molar-refractivity contribution in [1.29, 1.82) is 0 Å². The van der Waals surface area contributed by atoms with Gasteiger partial charge in [-0.05, 0) is 49.4 Å². The first-order valence-corrected chi connectivity index (χ1v) is 7.71. The van der Waals surface area contributed by atoms with Gasteiger partial charge in [-0.3, -0.25) is 4.98 Å². The number of nitrogens with zero attached hydrogens (tertiary/aromatic N) is 3. The molecule has 1 N–H and O–H groups in total. The summed E-state index contributed by atoms with van der Waals surface area (Å²) in [7, 11) is 0. The van der Waals surface area contributed by atoms with Crippen molar-refractivity contribution in [2.75, 3.05) is 6.54 Å². The molecule has 110 valence electrons. The number of rotatable bonds is 4. The Balaban J connectivity index is 1.74. The molecule has 1 aliphatic carbocycles. The minimum atomic E-state index is 0.553. The van der Waals surface area contributed by atoms with Crippen molar-refractivity contribution in [1.82, 2.24) is 20.3 Å². The molecule has 4 heteroatoms. The van der Waals surface area contributed by atoms with E-state index in [1.165, 1.54) is 17.7 Å². The molecule has 0 amide bonds. The Labute approximate surface area is 126 Å². The van der Waals surface area contributed by atoms with Crippen molar-refractivity contribution in [3.63, 3.8) is 0 Å². The lowest BCUT2D eigenvalue weighted by molar-refractivity contribution is 0.403. The summed E-state index contributed by atoms with van der Waals surface area (Å²) in [6.07, 6.45) is 8.93. The van der Waals surface area contributed by atoms with Gasteiger partial charge in [0.25, 0.3) is 0 Å². The molecule has 0 saturated carbocycles. The summed E-state index contributed by atoms with van der Waals surface area (Å²) in [5.74, 6) is 1.52. The van der Waals surface area contributed by atoms with Crippen molar-refractivity contribution in [3.8, 4) is 11.4 Å². The number of hydrogen-bond donors (Lipinski definition) is 1. The molecule has 1 aliphatic rings. The average Bonchev–Trinajstić information content (AvgIpc) is 2.53. The molecular weight excluding hydrogens is 260 g/mol. The van der Waals surface area contributed by atoms with E-state index in [0.29, 0.717) is 12.0 Å². The van der Waals surface area contributed by atoms with Gasteiger partial charge >= 0.3 is 0 Å². The largest absolute Gasteiger partial charge is 0.314 e. The van der Waals surface area contributed by atoms with Crippen LogP contribution in [0.5, 0.6) is 0 Å². The third kappa shape index (κ3) is 3.45. The third-order valence-corrected chi connectivity index (χ3v) is 4.01. The van der Waals surface area contributed by atoms with E-state index in [4.69, 9.17) is 4.98 Å². The number of fused-ring (bicyclic) bond motifs is 1. The maximum Gasteiger partial charge on any atom is 0.159 e. The van der Waals surface area contributed by atoms with Gasteiger partial charge in [0.2, 0.25) is 0 Å². The van der Waals surface area contributed by atoms with Crippen LogP contribution in [0.2, 0.25) is 0 Å². The van der Waals surface area contributed by atoms with Gasteiger partial charge in [-0.1, -0.05) is 13.8 Å². The van der Waals surface area contributed by atoms with Gasteiger partial charge in [-0.15, -0.1) is 0 Å². The van der Waals surface area contributed by atoms with Crippen LogP contribution in [0.25, 0.3) is 11.4 Å². The van der Waals surface area contributed by atoms with E-state index in [-0.39, 0.29) is 0 Å². The monoisotopic (exact) mass is 282 g/mol. The Bertz CT molecular complexity index is 595. The molecule has 0 fully saturated rings. The van der Waals surface area contributed by atoms with Gasteiger partial charge < -0.3 is 5.32 Å². The minimum absolute atomic E-state index is 0.553. The molecule has 0 bridgehead atoms. The summed E-state index contributed by atoms with van der Waals surface area (Å²) < 4.78 is 0. The van der Waals surface area contributed by atoms with Crippen molar-refractivity contribution < 1.29 is 0 Å². The predicted molar refractivity (Wildman–Crippen MR) is 83.9 cm³/mol. The molecule has 2 aromatic rings. The second-order valence-electron chi connectivity index (χ2n) is 6.07. The van der Waals surface area contributed by atoms with E-state index in [2.05, 4.69) is 29.1 Å². The SMILES string of the molecule is CC(C)NCC1CCc2nc(-c3ccncc3)ncc2C1. The molecule has 3 rings (SSSR count). The lowest BCUT2D eigenvalue weighted by Crippen LogP contribution is -2.32. The quantitative estimate of drug-likeness (QED) is 0.936. The average molecular weight is 282 g/mol. The van der Waals surface area contributed by atoms with Gasteiger partial charge in [0.15, 0.2) is 5.82 Å². The normalized spacial score (nSPS) is 17.8. The summed E-state index contributed by atoms with van der Waals surface area (Å²) in [5.41, 5.74) is 3.57. The van der Waals surface area contributed by atoms with Crippen molar-refractivity contribution in [2.24, 2.45) is 5.92 Å². The van der Waals surface area contributed by atoms with E-state index in [0.717, 1.165) is 30.8 Å². The van der Waals surface area contributed by atoms with Gasteiger partial charge in [0, 0.05) is 35.9 Å². The number of nitrogens with one attached hydrogen (secondary N) is 1.